The third-order valence-corrected chi connectivity index (χ3v) is 5.29. The van der Waals surface area contributed by atoms with Gasteiger partial charge in [-0.05, 0) is 25.7 Å². The molecule has 3 aliphatic carbocycles. The Morgan fingerprint density at radius 3 is 2.11 bits per heavy atom. The van der Waals surface area contributed by atoms with Gasteiger partial charge in [0.25, 0.3) is 0 Å². The zero-order chi connectivity index (χ0) is 19.2. The number of hydrogen-bond acceptors (Lipinski definition) is 0. The van der Waals surface area contributed by atoms with Gasteiger partial charge in [-0.3, -0.25) is 0 Å². The van der Waals surface area contributed by atoms with E-state index in [0.29, 0.717) is 5.41 Å². The molecule has 28 heavy (non-hydrogen) atoms. The molecule has 0 N–H and O–H groups in total. The van der Waals surface area contributed by atoms with E-state index in [2.05, 4.69) is 65.3 Å². The first-order chi connectivity index (χ1) is 12.3. The minimum Gasteiger partial charge on any atom is -1.00 e. The second-order valence-electron chi connectivity index (χ2n) is 8.99. The third-order valence-electron chi connectivity index (χ3n) is 5.29. The quantitative estimate of drug-likeness (QED) is 0.475. The summed E-state index contributed by atoms with van der Waals surface area (Å²) in [5, 5.41) is 0. The van der Waals surface area contributed by atoms with Gasteiger partial charge in [-0.25, -0.2) is 18.1 Å². The maximum absolute atomic E-state index is 2.50. The summed E-state index contributed by atoms with van der Waals surface area (Å²) in [5.74, 6) is 0. The van der Waals surface area contributed by atoms with Crippen LogP contribution in [0.3, 0.4) is 0 Å². The Labute approximate surface area is 201 Å². The summed E-state index contributed by atoms with van der Waals surface area (Å²) in [6.45, 7) is 10.9. The molecule has 0 saturated carbocycles. The van der Waals surface area contributed by atoms with Crippen LogP contribution in [-0.2, 0) is 29.7 Å². The van der Waals surface area contributed by atoms with Crippen molar-refractivity contribution in [3.05, 3.63) is 58.5 Å². The van der Waals surface area contributed by atoms with Gasteiger partial charge in [-0.2, -0.15) is 29.3 Å². The molecule has 1 aromatic rings. The number of fused-ring (bicyclic) bond motifs is 1. The monoisotopic (exact) mass is 496 g/mol. The van der Waals surface area contributed by atoms with Gasteiger partial charge in [0.1, 0.15) is 0 Å². The number of hydrogen-bond donors (Lipinski definition) is 0. The standard InChI is InChI=1S/C13H17.C9H13.C3H6.2ClH.Zr/c1-3-7-12-10(5-1)9-11-6-2-4-8-13(11)12;1-9(2,3)8-6-4-5-7-8;1-3-2;;;/h5H,1-4,6-9H2;4-7H,1-3H3;1-2H3;2*1H;/q2*-1;;;;+2/p-2. The minimum absolute atomic E-state index is 0. The predicted molar refractivity (Wildman–Crippen MR) is 112 cm³/mol. The molecule has 0 bridgehead atoms. The van der Waals surface area contributed by atoms with Crippen LogP contribution in [0.2, 0.25) is 0 Å². The molecular formula is C25H36Cl2Zr-2. The van der Waals surface area contributed by atoms with Gasteiger partial charge in [0.2, 0.25) is 0 Å². The van der Waals surface area contributed by atoms with Crippen LogP contribution in [-0.4, -0.2) is 3.21 Å². The molecule has 0 heterocycles. The van der Waals surface area contributed by atoms with Gasteiger partial charge >= 0.3 is 41.3 Å². The first kappa shape index (κ1) is 28.0. The van der Waals surface area contributed by atoms with Crippen molar-refractivity contribution in [2.45, 2.75) is 91.4 Å². The molecule has 0 fully saturated rings. The third kappa shape index (κ3) is 8.81. The zero-order valence-electron chi connectivity index (χ0n) is 18.3. The Balaban J connectivity index is 0.000000432. The van der Waals surface area contributed by atoms with E-state index in [1.807, 2.05) is 0 Å². The second-order valence-corrected chi connectivity index (χ2v) is 11.4. The molecule has 4 rings (SSSR count). The van der Waals surface area contributed by atoms with E-state index < -0.39 is 0 Å². The number of allylic oxidation sites excluding steroid dienone is 4. The van der Waals surface area contributed by atoms with Crippen LogP contribution in [0.25, 0.3) is 0 Å². The van der Waals surface area contributed by atoms with Crippen LogP contribution in [0.15, 0.2) is 46.6 Å². The first-order valence-electron chi connectivity index (χ1n) is 10.3. The average Bonchev–Trinajstić information content (AvgIpc) is 3.22. The van der Waals surface area contributed by atoms with Gasteiger partial charge in [0.15, 0.2) is 0 Å². The van der Waals surface area contributed by atoms with E-state index in [9.17, 15) is 0 Å². The fourth-order valence-corrected chi connectivity index (χ4v) is 3.99. The van der Waals surface area contributed by atoms with Crippen molar-refractivity contribution >= 4 is 3.21 Å². The molecule has 0 nitrogen and oxygen atoms in total. The number of rotatable bonds is 0. The van der Waals surface area contributed by atoms with E-state index in [1.54, 1.807) is 46.5 Å². The second kappa shape index (κ2) is 13.4. The van der Waals surface area contributed by atoms with Crippen LogP contribution in [0.1, 0.15) is 91.5 Å². The van der Waals surface area contributed by atoms with Crippen molar-refractivity contribution in [1.29, 1.82) is 0 Å². The molecule has 0 unspecified atom stereocenters. The van der Waals surface area contributed by atoms with E-state index in [0.717, 1.165) is 0 Å². The Bertz CT molecular complexity index is 623. The minimum atomic E-state index is 0. The molecule has 0 amide bonds. The Hall–Kier alpha value is 0.0331. The van der Waals surface area contributed by atoms with Crippen LogP contribution in [0, 0.1) is 6.42 Å². The van der Waals surface area contributed by atoms with Crippen molar-refractivity contribution in [2.24, 2.45) is 0 Å². The van der Waals surface area contributed by atoms with Gasteiger partial charge in [-0.1, -0.05) is 51.0 Å². The molecule has 0 radical (unpaired) electrons. The number of halogens is 2. The molecule has 0 saturated heterocycles. The fraction of sp³-hybridized carbons (Fsp3) is 0.560. The van der Waals surface area contributed by atoms with Crippen molar-refractivity contribution in [2.75, 3.05) is 0 Å². The Kier molecular flexibility index (Phi) is 13.4. The molecule has 0 aliphatic heterocycles. The maximum Gasteiger partial charge on any atom is -0.0327 e. The van der Waals surface area contributed by atoms with E-state index in [4.69, 9.17) is 0 Å². The van der Waals surface area contributed by atoms with Gasteiger partial charge < -0.3 is 24.8 Å². The molecule has 0 atom stereocenters. The largest absolute Gasteiger partial charge is 1.00 e. The SMILES string of the molecule is CC(C)(C)c1cc[cH-]c1.C[C](C)=[Zr+2].[CH-]1CCCC2=C1CC1=C2CCCC1.[Cl-].[Cl-]. The zero-order valence-corrected chi connectivity index (χ0v) is 22.3. The van der Waals surface area contributed by atoms with Crippen LogP contribution < -0.4 is 24.8 Å². The normalized spacial score (nSPS) is 17.4. The topological polar surface area (TPSA) is 0 Å². The van der Waals surface area contributed by atoms with Crippen molar-refractivity contribution in [1.82, 2.24) is 0 Å². The molecule has 1 aromatic carbocycles. The molecular weight excluding hydrogens is 462 g/mol. The summed E-state index contributed by atoms with van der Waals surface area (Å²) >= 11 is 1.55. The van der Waals surface area contributed by atoms with Crippen molar-refractivity contribution in [3.63, 3.8) is 0 Å². The first-order valence-corrected chi connectivity index (χ1v) is 11.5. The summed E-state index contributed by atoms with van der Waals surface area (Å²) < 4.78 is 1.51. The van der Waals surface area contributed by atoms with Crippen LogP contribution in [0.4, 0.5) is 0 Å². The van der Waals surface area contributed by atoms with Crippen molar-refractivity contribution in [3.8, 4) is 0 Å². The summed E-state index contributed by atoms with van der Waals surface area (Å²) in [6, 6.07) is 8.50. The maximum atomic E-state index is 2.50. The molecule has 0 spiro atoms. The summed E-state index contributed by atoms with van der Waals surface area (Å²) in [6.07, 6.45) is 13.6. The predicted octanol–water partition coefficient (Wildman–Crippen LogP) is 1.40. The Morgan fingerprint density at radius 2 is 1.57 bits per heavy atom. The van der Waals surface area contributed by atoms with Crippen molar-refractivity contribution < 1.29 is 49.0 Å². The van der Waals surface area contributed by atoms with E-state index in [1.165, 1.54) is 60.1 Å². The molecule has 0 aromatic heterocycles. The van der Waals surface area contributed by atoms with E-state index in [-0.39, 0.29) is 24.8 Å². The Morgan fingerprint density at radius 1 is 0.964 bits per heavy atom. The van der Waals surface area contributed by atoms with Gasteiger partial charge in [-0.15, -0.1) is 12.0 Å². The van der Waals surface area contributed by atoms with Crippen LogP contribution in [0.5, 0.6) is 0 Å². The van der Waals surface area contributed by atoms with Gasteiger partial charge in [0.05, 0.1) is 0 Å². The average molecular weight is 499 g/mol. The smallest absolute Gasteiger partial charge is 0.0327 e. The molecule has 156 valence electrons. The van der Waals surface area contributed by atoms with Crippen LogP contribution >= 0.6 is 0 Å². The van der Waals surface area contributed by atoms with Gasteiger partial charge in [0, 0.05) is 0 Å². The summed E-state index contributed by atoms with van der Waals surface area (Å²) in [5.41, 5.74) is 8.80. The summed E-state index contributed by atoms with van der Waals surface area (Å²) in [4.78, 5) is 0. The molecule has 3 aliphatic rings. The molecule has 3 heteroatoms. The van der Waals surface area contributed by atoms with E-state index >= 15 is 0 Å². The summed E-state index contributed by atoms with van der Waals surface area (Å²) in [7, 11) is 0. The fourth-order valence-electron chi connectivity index (χ4n) is 3.99.